The summed E-state index contributed by atoms with van der Waals surface area (Å²) in [4.78, 5) is 38.6. The third-order valence-electron chi connectivity index (χ3n) is 7.24. The number of ether oxygens (including phenoxy) is 1. The van der Waals surface area contributed by atoms with E-state index in [1.807, 2.05) is 38.1 Å². The number of nitrogens with zero attached hydrogens (tertiary/aromatic N) is 1. The van der Waals surface area contributed by atoms with Gasteiger partial charge in [-0.05, 0) is 41.5 Å². The van der Waals surface area contributed by atoms with Gasteiger partial charge in [0.1, 0.15) is 6.61 Å². The number of nitrogens with one attached hydrogen (secondary N) is 1. The van der Waals surface area contributed by atoms with Crippen LogP contribution in [0, 0.1) is 11.8 Å². The third-order valence-corrected chi connectivity index (χ3v) is 7.24. The number of aliphatic carboxylic acids is 1. The summed E-state index contributed by atoms with van der Waals surface area (Å²) >= 11 is 0. The molecule has 1 aliphatic heterocycles. The lowest BCUT2D eigenvalue weighted by molar-refractivity contribution is -0.143. The topological polar surface area (TPSA) is 95.9 Å². The Balaban J connectivity index is 1.37. The highest BCUT2D eigenvalue weighted by molar-refractivity contribution is 5.81. The van der Waals surface area contributed by atoms with Crippen molar-refractivity contribution in [3.63, 3.8) is 0 Å². The van der Waals surface area contributed by atoms with Crippen LogP contribution in [0.4, 0.5) is 4.79 Å². The summed E-state index contributed by atoms with van der Waals surface area (Å²) in [5.74, 6) is -1.58. The number of hydrogen-bond acceptors (Lipinski definition) is 4. The molecule has 7 heteroatoms. The zero-order chi connectivity index (χ0) is 24.4. The van der Waals surface area contributed by atoms with Crippen molar-refractivity contribution < 1.29 is 24.2 Å². The van der Waals surface area contributed by atoms with E-state index >= 15 is 0 Å². The molecule has 7 nitrogen and oxygen atoms in total. The maximum absolute atomic E-state index is 12.9. The maximum atomic E-state index is 12.9. The standard InChI is InChI=1S/C27H32N2O5/c1-16(2)24(14-25(30)29-13-12-18(17(29)3)26(31)32)28-27(33)34-15-23-21-10-6-4-8-19(21)20-9-5-7-11-22(20)23/h4-11,16-18,23-24H,12-15H2,1-3H3,(H,28,33)(H,31,32)/t17?,18?,24-/m0/s1. The molecule has 1 fully saturated rings. The van der Waals surface area contributed by atoms with Gasteiger partial charge in [-0.1, -0.05) is 62.4 Å². The largest absolute Gasteiger partial charge is 0.481 e. The zero-order valence-corrected chi connectivity index (χ0v) is 19.9. The van der Waals surface area contributed by atoms with E-state index in [0.29, 0.717) is 13.0 Å². The molecule has 180 valence electrons. The van der Waals surface area contributed by atoms with Crippen LogP contribution in [0.15, 0.2) is 48.5 Å². The number of amides is 2. The lowest BCUT2D eigenvalue weighted by atomic mass is 9.98. The summed E-state index contributed by atoms with van der Waals surface area (Å²) in [5.41, 5.74) is 4.61. The second-order valence-electron chi connectivity index (χ2n) is 9.59. The van der Waals surface area contributed by atoms with E-state index in [1.54, 1.807) is 11.8 Å². The van der Waals surface area contributed by atoms with Crippen LogP contribution in [-0.4, -0.2) is 53.2 Å². The summed E-state index contributed by atoms with van der Waals surface area (Å²) in [7, 11) is 0. The highest BCUT2D eigenvalue weighted by atomic mass is 16.5. The molecule has 0 bridgehead atoms. The second kappa shape index (κ2) is 9.87. The van der Waals surface area contributed by atoms with Crippen LogP contribution < -0.4 is 5.32 Å². The van der Waals surface area contributed by atoms with E-state index in [2.05, 4.69) is 29.6 Å². The van der Waals surface area contributed by atoms with Gasteiger partial charge in [-0.15, -0.1) is 0 Å². The third kappa shape index (κ3) is 4.65. The Morgan fingerprint density at radius 2 is 1.65 bits per heavy atom. The molecular formula is C27H32N2O5. The smallest absolute Gasteiger partial charge is 0.407 e. The van der Waals surface area contributed by atoms with Gasteiger partial charge in [-0.2, -0.15) is 0 Å². The van der Waals surface area contributed by atoms with E-state index < -0.39 is 24.0 Å². The molecule has 1 saturated heterocycles. The molecule has 0 spiro atoms. The van der Waals surface area contributed by atoms with Crippen LogP contribution in [-0.2, 0) is 14.3 Å². The summed E-state index contributed by atoms with van der Waals surface area (Å²) in [5, 5.41) is 12.2. The van der Waals surface area contributed by atoms with Crippen LogP contribution in [0.3, 0.4) is 0 Å². The van der Waals surface area contributed by atoms with Crippen LogP contribution in [0.1, 0.15) is 50.7 Å². The SMILES string of the molecule is CC(C)[C@H](CC(=O)N1CCC(C(=O)O)C1C)NC(=O)OCC1c2ccccc2-c2ccccc21. The number of carbonyl (C=O) groups is 3. The number of carboxylic acids is 1. The summed E-state index contributed by atoms with van der Waals surface area (Å²) in [6.07, 6.45) is 0.0127. The number of carboxylic acid groups (broad SMARTS) is 1. The van der Waals surface area contributed by atoms with Gasteiger partial charge in [0, 0.05) is 31.0 Å². The molecule has 4 rings (SSSR count). The predicted molar refractivity (Wildman–Crippen MR) is 128 cm³/mol. The molecule has 2 unspecified atom stereocenters. The van der Waals surface area contributed by atoms with Crippen molar-refractivity contribution in [2.75, 3.05) is 13.2 Å². The van der Waals surface area contributed by atoms with Gasteiger partial charge in [-0.3, -0.25) is 9.59 Å². The van der Waals surface area contributed by atoms with Crippen molar-refractivity contribution >= 4 is 18.0 Å². The first-order valence-electron chi connectivity index (χ1n) is 11.9. The lowest BCUT2D eigenvalue weighted by Gasteiger charge is -2.28. The first-order chi connectivity index (χ1) is 16.3. The van der Waals surface area contributed by atoms with Crippen LogP contribution in [0.25, 0.3) is 11.1 Å². The highest BCUT2D eigenvalue weighted by Gasteiger charge is 2.39. The van der Waals surface area contributed by atoms with Gasteiger partial charge in [0.25, 0.3) is 0 Å². The minimum atomic E-state index is -0.875. The van der Waals surface area contributed by atoms with E-state index in [0.717, 1.165) is 22.3 Å². The fourth-order valence-corrected chi connectivity index (χ4v) is 5.17. The molecular weight excluding hydrogens is 432 g/mol. The minimum Gasteiger partial charge on any atom is -0.481 e. The van der Waals surface area contributed by atoms with E-state index in [4.69, 9.17) is 4.74 Å². The van der Waals surface area contributed by atoms with Gasteiger partial charge in [0.15, 0.2) is 0 Å². The van der Waals surface area contributed by atoms with Crippen molar-refractivity contribution in [2.45, 2.75) is 51.6 Å². The number of carbonyl (C=O) groups excluding carboxylic acids is 2. The molecule has 0 radical (unpaired) electrons. The molecule has 0 saturated carbocycles. The molecule has 0 aromatic heterocycles. The molecule has 1 aliphatic carbocycles. The molecule has 2 amide bonds. The Labute approximate surface area is 200 Å². The van der Waals surface area contributed by atoms with Gasteiger partial charge >= 0.3 is 12.1 Å². The Bertz CT molecular complexity index is 1040. The average molecular weight is 465 g/mol. The normalized spacial score (nSPS) is 20.1. The minimum absolute atomic E-state index is 0.0117. The first kappa shape index (κ1) is 23.8. The predicted octanol–water partition coefficient (Wildman–Crippen LogP) is 4.26. The Morgan fingerprint density at radius 1 is 1.06 bits per heavy atom. The molecule has 1 heterocycles. The Kier molecular flexibility index (Phi) is 6.91. The maximum Gasteiger partial charge on any atom is 0.407 e. The molecule has 2 N–H and O–H groups in total. The number of fused-ring (bicyclic) bond motifs is 3. The van der Waals surface area contributed by atoms with Crippen molar-refractivity contribution in [1.29, 1.82) is 0 Å². The molecule has 2 aromatic rings. The fraction of sp³-hybridized carbons (Fsp3) is 0.444. The van der Waals surface area contributed by atoms with Crippen LogP contribution >= 0.6 is 0 Å². The summed E-state index contributed by atoms with van der Waals surface area (Å²) in [6.45, 7) is 6.28. The fourth-order valence-electron chi connectivity index (χ4n) is 5.17. The first-order valence-corrected chi connectivity index (χ1v) is 11.9. The average Bonchev–Trinajstić information content (AvgIpc) is 3.35. The Hall–Kier alpha value is -3.35. The van der Waals surface area contributed by atoms with Gasteiger partial charge in [0.2, 0.25) is 5.91 Å². The number of likely N-dealkylation sites (tertiary alicyclic amines) is 1. The monoisotopic (exact) mass is 464 g/mol. The molecule has 2 aromatic carbocycles. The second-order valence-corrected chi connectivity index (χ2v) is 9.59. The summed E-state index contributed by atoms with van der Waals surface area (Å²) in [6, 6.07) is 15.6. The quantitative estimate of drug-likeness (QED) is 0.638. The number of hydrogen-bond donors (Lipinski definition) is 2. The van der Waals surface area contributed by atoms with E-state index in [1.165, 1.54) is 0 Å². The van der Waals surface area contributed by atoms with Gasteiger partial charge < -0.3 is 20.1 Å². The zero-order valence-electron chi connectivity index (χ0n) is 19.9. The molecule has 3 atom stereocenters. The van der Waals surface area contributed by atoms with Gasteiger partial charge in [0.05, 0.1) is 5.92 Å². The van der Waals surface area contributed by atoms with Crippen molar-refractivity contribution in [2.24, 2.45) is 11.8 Å². The summed E-state index contributed by atoms with van der Waals surface area (Å²) < 4.78 is 5.64. The number of benzene rings is 2. The molecule has 2 aliphatic rings. The van der Waals surface area contributed by atoms with Crippen molar-refractivity contribution in [1.82, 2.24) is 10.2 Å². The van der Waals surface area contributed by atoms with Crippen LogP contribution in [0.5, 0.6) is 0 Å². The molecule has 34 heavy (non-hydrogen) atoms. The Morgan fingerprint density at radius 3 is 2.18 bits per heavy atom. The van der Waals surface area contributed by atoms with Crippen molar-refractivity contribution in [3.8, 4) is 11.1 Å². The van der Waals surface area contributed by atoms with Gasteiger partial charge in [-0.25, -0.2) is 4.79 Å². The van der Waals surface area contributed by atoms with E-state index in [9.17, 15) is 19.5 Å². The lowest BCUT2D eigenvalue weighted by Crippen LogP contribution is -2.45. The highest BCUT2D eigenvalue weighted by Crippen LogP contribution is 2.44. The number of alkyl carbamates (subject to hydrolysis) is 1. The number of rotatable bonds is 7. The van der Waals surface area contributed by atoms with Crippen molar-refractivity contribution in [3.05, 3.63) is 59.7 Å². The van der Waals surface area contributed by atoms with Crippen LogP contribution in [0.2, 0.25) is 0 Å². The van der Waals surface area contributed by atoms with E-state index in [-0.39, 0.29) is 36.8 Å².